The Balaban J connectivity index is 1.86. The number of H-pyrrole nitrogens is 1. The molecule has 0 aliphatic carbocycles. The van der Waals surface area contributed by atoms with Crippen LogP contribution in [0.2, 0.25) is 0 Å². The lowest BCUT2D eigenvalue weighted by Crippen LogP contribution is -2.52. The molecule has 1 heterocycles. The molecule has 0 saturated heterocycles. The fraction of sp³-hybridized carbons (Fsp3) is 0.316. The van der Waals surface area contributed by atoms with Gasteiger partial charge >= 0.3 is 5.97 Å². The van der Waals surface area contributed by atoms with Gasteiger partial charge in [0.1, 0.15) is 12.6 Å². The summed E-state index contributed by atoms with van der Waals surface area (Å²) in [7, 11) is 0. The first-order valence-corrected chi connectivity index (χ1v) is 9.18. The predicted octanol–water partition coefficient (Wildman–Crippen LogP) is -1.68. The summed E-state index contributed by atoms with van der Waals surface area (Å²) in [5.74, 6) is -3.01. The maximum Gasteiger partial charge on any atom is 0.322 e. The van der Waals surface area contributed by atoms with Crippen molar-refractivity contribution in [2.45, 2.75) is 24.9 Å². The lowest BCUT2D eigenvalue weighted by atomic mass is 10.1. The van der Waals surface area contributed by atoms with Crippen LogP contribution < -0.4 is 21.7 Å². The topological polar surface area (TPSA) is 179 Å². The number of nitrogens with one attached hydrogen (secondary N) is 4. The van der Waals surface area contributed by atoms with Crippen LogP contribution in [0.3, 0.4) is 0 Å². The van der Waals surface area contributed by atoms with E-state index < -0.39 is 42.3 Å². The number of hydrogen-bond acceptors (Lipinski definition) is 6. The highest BCUT2D eigenvalue weighted by atomic mass is 16.4. The van der Waals surface area contributed by atoms with Gasteiger partial charge in [0.15, 0.2) is 0 Å². The Kier molecular flexibility index (Phi) is 8.51. The number of aromatic nitrogens is 2. The quantitative estimate of drug-likeness (QED) is 0.253. The van der Waals surface area contributed by atoms with Gasteiger partial charge in [-0.05, 0) is 12.0 Å². The van der Waals surface area contributed by atoms with Crippen LogP contribution in [0.5, 0.6) is 0 Å². The molecule has 1 aromatic heterocycles. The number of nitrogens with two attached hydrogens (primary N) is 1. The van der Waals surface area contributed by atoms with Crippen molar-refractivity contribution in [1.82, 2.24) is 25.9 Å². The van der Waals surface area contributed by atoms with E-state index in [1.54, 1.807) is 0 Å². The molecule has 2 aromatic rings. The Morgan fingerprint density at radius 1 is 1.03 bits per heavy atom. The van der Waals surface area contributed by atoms with Gasteiger partial charge in [0.25, 0.3) is 0 Å². The highest BCUT2D eigenvalue weighted by Crippen LogP contribution is 2.02. The van der Waals surface area contributed by atoms with Crippen LogP contribution in [-0.4, -0.2) is 63.9 Å². The van der Waals surface area contributed by atoms with Crippen molar-refractivity contribution in [2.75, 3.05) is 13.1 Å². The molecule has 7 N–H and O–H groups in total. The third-order valence-electron chi connectivity index (χ3n) is 4.10. The highest BCUT2D eigenvalue weighted by molar-refractivity contribution is 5.92. The van der Waals surface area contributed by atoms with Gasteiger partial charge in [0.05, 0.1) is 18.9 Å². The first-order valence-electron chi connectivity index (χ1n) is 9.18. The van der Waals surface area contributed by atoms with Gasteiger partial charge in [0, 0.05) is 18.3 Å². The number of amides is 3. The van der Waals surface area contributed by atoms with Gasteiger partial charge in [-0.15, -0.1) is 0 Å². The van der Waals surface area contributed by atoms with Crippen LogP contribution in [0.15, 0.2) is 42.9 Å². The molecule has 3 amide bonds. The minimum absolute atomic E-state index is 0.0681. The summed E-state index contributed by atoms with van der Waals surface area (Å²) in [5.41, 5.74) is 7.33. The Labute approximate surface area is 172 Å². The molecular weight excluding hydrogens is 392 g/mol. The standard InChI is InChI=1S/C19H24N6O5/c20-14(6-12-4-2-1-3-5-12)18(29)22-9-16(26)25-15(7-13-8-21-11-24-13)19(30)23-10-17(27)28/h1-5,8,11,14-15H,6-7,9-10,20H2,(H,21,24)(H,22,29)(H,23,30)(H,25,26)(H,27,28). The van der Waals surface area contributed by atoms with Crippen LogP contribution >= 0.6 is 0 Å². The normalized spacial score (nSPS) is 12.4. The second-order valence-corrected chi connectivity index (χ2v) is 6.53. The van der Waals surface area contributed by atoms with E-state index in [0.717, 1.165) is 5.56 Å². The Bertz CT molecular complexity index is 856. The number of carboxylic acid groups (broad SMARTS) is 1. The molecule has 0 fully saturated rings. The lowest BCUT2D eigenvalue weighted by molar-refractivity contribution is -0.138. The van der Waals surface area contributed by atoms with Gasteiger partial charge in [-0.2, -0.15) is 0 Å². The van der Waals surface area contributed by atoms with Crippen molar-refractivity contribution in [3.05, 3.63) is 54.1 Å². The zero-order valence-electron chi connectivity index (χ0n) is 16.1. The number of hydrogen-bond donors (Lipinski definition) is 6. The molecular formula is C19H24N6O5. The van der Waals surface area contributed by atoms with E-state index in [-0.39, 0.29) is 13.0 Å². The molecule has 1 aromatic carbocycles. The monoisotopic (exact) mass is 416 g/mol. The fourth-order valence-electron chi connectivity index (χ4n) is 2.62. The second kappa shape index (κ2) is 11.3. The van der Waals surface area contributed by atoms with E-state index in [0.29, 0.717) is 12.1 Å². The van der Waals surface area contributed by atoms with Gasteiger partial charge < -0.3 is 31.8 Å². The third-order valence-corrected chi connectivity index (χ3v) is 4.10. The molecule has 2 atom stereocenters. The smallest absolute Gasteiger partial charge is 0.322 e. The van der Waals surface area contributed by atoms with Crippen molar-refractivity contribution in [2.24, 2.45) is 5.73 Å². The molecule has 30 heavy (non-hydrogen) atoms. The molecule has 2 unspecified atom stereocenters. The van der Waals surface area contributed by atoms with E-state index >= 15 is 0 Å². The first-order chi connectivity index (χ1) is 14.3. The minimum Gasteiger partial charge on any atom is -0.480 e. The van der Waals surface area contributed by atoms with Gasteiger partial charge in [-0.1, -0.05) is 30.3 Å². The fourth-order valence-corrected chi connectivity index (χ4v) is 2.62. The van der Waals surface area contributed by atoms with Crippen molar-refractivity contribution in [3.8, 4) is 0 Å². The first kappa shape index (κ1) is 22.6. The van der Waals surface area contributed by atoms with E-state index in [2.05, 4.69) is 25.9 Å². The molecule has 160 valence electrons. The van der Waals surface area contributed by atoms with Gasteiger partial charge in [-0.25, -0.2) is 4.98 Å². The summed E-state index contributed by atoms with van der Waals surface area (Å²) >= 11 is 0. The average molecular weight is 416 g/mol. The predicted molar refractivity (Wildman–Crippen MR) is 106 cm³/mol. The largest absolute Gasteiger partial charge is 0.480 e. The van der Waals surface area contributed by atoms with E-state index in [4.69, 9.17) is 10.8 Å². The third kappa shape index (κ3) is 7.72. The van der Waals surface area contributed by atoms with E-state index in [1.807, 2.05) is 30.3 Å². The minimum atomic E-state index is -1.21. The Hall–Kier alpha value is -3.73. The van der Waals surface area contributed by atoms with E-state index in [1.165, 1.54) is 12.5 Å². The Morgan fingerprint density at radius 2 is 1.73 bits per heavy atom. The summed E-state index contributed by atoms with van der Waals surface area (Å²) < 4.78 is 0. The van der Waals surface area contributed by atoms with Crippen LogP contribution in [0, 0.1) is 0 Å². The SMILES string of the molecule is NC(Cc1ccccc1)C(=O)NCC(=O)NC(Cc1cnc[nH]1)C(=O)NCC(=O)O. The zero-order valence-corrected chi connectivity index (χ0v) is 16.1. The van der Waals surface area contributed by atoms with Gasteiger partial charge in [0.2, 0.25) is 17.7 Å². The van der Waals surface area contributed by atoms with Crippen molar-refractivity contribution >= 4 is 23.7 Å². The summed E-state index contributed by atoms with van der Waals surface area (Å²) in [4.78, 5) is 53.9. The molecule has 2 rings (SSSR count). The van der Waals surface area contributed by atoms with Crippen molar-refractivity contribution in [3.63, 3.8) is 0 Å². The summed E-state index contributed by atoms with van der Waals surface area (Å²) in [5, 5.41) is 15.8. The summed E-state index contributed by atoms with van der Waals surface area (Å²) in [6.07, 6.45) is 3.28. The number of aliphatic carboxylic acids is 1. The molecule has 0 radical (unpaired) electrons. The number of aromatic amines is 1. The number of carbonyl (C=O) groups excluding carboxylic acids is 3. The van der Waals surface area contributed by atoms with Gasteiger partial charge in [-0.3, -0.25) is 19.2 Å². The highest BCUT2D eigenvalue weighted by Gasteiger charge is 2.23. The number of nitrogens with zero attached hydrogens (tertiary/aromatic N) is 1. The lowest BCUT2D eigenvalue weighted by Gasteiger charge is -2.18. The van der Waals surface area contributed by atoms with Crippen LogP contribution in [-0.2, 0) is 32.0 Å². The molecule has 0 bridgehead atoms. The molecule has 0 saturated carbocycles. The van der Waals surface area contributed by atoms with E-state index in [9.17, 15) is 19.2 Å². The summed E-state index contributed by atoms with van der Waals surface area (Å²) in [6, 6.07) is 7.33. The number of benzene rings is 1. The van der Waals surface area contributed by atoms with Crippen LogP contribution in [0.1, 0.15) is 11.3 Å². The molecule has 0 aliphatic rings. The zero-order chi connectivity index (χ0) is 21.9. The summed E-state index contributed by atoms with van der Waals surface area (Å²) in [6.45, 7) is -0.966. The molecule has 11 heteroatoms. The molecule has 11 nitrogen and oxygen atoms in total. The number of imidazole rings is 1. The maximum atomic E-state index is 12.2. The number of carboxylic acids is 1. The average Bonchev–Trinajstić information content (AvgIpc) is 3.23. The van der Waals surface area contributed by atoms with Crippen molar-refractivity contribution < 1.29 is 24.3 Å². The maximum absolute atomic E-state index is 12.2. The number of carbonyl (C=O) groups is 4. The second-order valence-electron chi connectivity index (χ2n) is 6.53. The molecule has 0 aliphatic heterocycles. The van der Waals surface area contributed by atoms with Crippen LogP contribution in [0.4, 0.5) is 0 Å². The molecule has 0 spiro atoms. The van der Waals surface area contributed by atoms with Crippen molar-refractivity contribution in [1.29, 1.82) is 0 Å². The number of rotatable bonds is 11. The van der Waals surface area contributed by atoms with Crippen LogP contribution in [0.25, 0.3) is 0 Å². The Morgan fingerprint density at radius 3 is 2.37 bits per heavy atom.